The van der Waals surface area contributed by atoms with E-state index in [0.29, 0.717) is 11.3 Å². The normalized spacial score (nSPS) is 25.2. The van der Waals surface area contributed by atoms with E-state index in [-0.39, 0.29) is 18.2 Å². The number of hydrogen-bond acceptors (Lipinski definition) is 11. The van der Waals surface area contributed by atoms with Crippen LogP contribution in [0.1, 0.15) is 40.8 Å². The SMILES string of the molecule is CNc1nc(N)nc2c1ncn2[C@@H]1O[C@H](COC(C)=O)[C@@H](OCOC(=O)C(C)(C)C)[C@@]1(C)F. The van der Waals surface area contributed by atoms with E-state index in [1.807, 2.05) is 0 Å². The zero-order valence-corrected chi connectivity index (χ0v) is 19.4. The van der Waals surface area contributed by atoms with Crippen molar-refractivity contribution < 1.29 is 32.9 Å². The van der Waals surface area contributed by atoms with Crippen LogP contribution in [-0.2, 0) is 28.5 Å². The number of anilines is 2. The molecule has 1 saturated heterocycles. The number of rotatable bonds is 7. The largest absolute Gasteiger partial charge is 0.463 e. The molecule has 0 aliphatic carbocycles. The van der Waals surface area contributed by atoms with Crippen LogP contribution in [0.5, 0.6) is 0 Å². The topological polar surface area (TPSA) is 153 Å². The van der Waals surface area contributed by atoms with Crippen molar-refractivity contribution in [3.8, 4) is 0 Å². The lowest BCUT2D eigenvalue weighted by Gasteiger charge is -2.28. The summed E-state index contributed by atoms with van der Waals surface area (Å²) in [5.41, 5.74) is 3.48. The van der Waals surface area contributed by atoms with Crippen molar-refractivity contribution in [1.82, 2.24) is 19.5 Å². The highest BCUT2D eigenvalue weighted by atomic mass is 19.1. The number of nitrogen functional groups attached to an aromatic ring is 1. The zero-order chi connectivity index (χ0) is 24.6. The Labute approximate surface area is 189 Å². The fourth-order valence-electron chi connectivity index (χ4n) is 3.46. The number of ether oxygens (including phenoxy) is 4. The van der Waals surface area contributed by atoms with Crippen LogP contribution in [0.2, 0.25) is 0 Å². The van der Waals surface area contributed by atoms with Gasteiger partial charge in [-0.2, -0.15) is 9.97 Å². The number of hydrogen-bond donors (Lipinski definition) is 2. The molecule has 3 N–H and O–H groups in total. The van der Waals surface area contributed by atoms with Crippen LogP contribution in [0.15, 0.2) is 6.33 Å². The van der Waals surface area contributed by atoms with E-state index in [1.165, 1.54) is 24.7 Å². The number of nitrogens with zero attached hydrogens (tertiary/aromatic N) is 4. The lowest BCUT2D eigenvalue weighted by molar-refractivity contribution is -0.180. The van der Waals surface area contributed by atoms with Gasteiger partial charge in [0.1, 0.15) is 18.8 Å². The molecule has 1 aliphatic heterocycles. The van der Waals surface area contributed by atoms with Gasteiger partial charge in [-0.15, -0.1) is 0 Å². The van der Waals surface area contributed by atoms with E-state index in [9.17, 15) is 9.59 Å². The van der Waals surface area contributed by atoms with Gasteiger partial charge < -0.3 is 30.0 Å². The number of halogens is 1. The minimum atomic E-state index is -2.16. The second-order valence-electron chi connectivity index (χ2n) is 8.87. The van der Waals surface area contributed by atoms with Crippen molar-refractivity contribution >= 4 is 34.9 Å². The van der Waals surface area contributed by atoms with E-state index in [2.05, 4.69) is 20.3 Å². The molecule has 0 amide bonds. The summed E-state index contributed by atoms with van der Waals surface area (Å²) in [7, 11) is 1.64. The average Bonchev–Trinajstić information content (AvgIpc) is 3.23. The van der Waals surface area contributed by atoms with Gasteiger partial charge in [-0.3, -0.25) is 14.2 Å². The van der Waals surface area contributed by atoms with Gasteiger partial charge in [-0.1, -0.05) is 0 Å². The van der Waals surface area contributed by atoms with Crippen molar-refractivity contribution in [3.05, 3.63) is 6.33 Å². The molecule has 0 radical (unpaired) electrons. The van der Waals surface area contributed by atoms with E-state index < -0.39 is 48.3 Å². The van der Waals surface area contributed by atoms with Crippen LogP contribution in [-0.4, -0.2) is 69.8 Å². The Kier molecular flexibility index (Phi) is 6.75. The van der Waals surface area contributed by atoms with Gasteiger partial charge in [-0.25, -0.2) is 9.37 Å². The molecule has 4 atom stereocenters. The molecular formula is C20H29FN6O6. The van der Waals surface area contributed by atoms with E-state index in [4.69, 9.17) is 24.7 Å². The molecule has 2 aromatic rings. The maximum Gasteiger partial charge on any atom is 0.313 e. The molecular weight excluding hydrogens is 439 g/mol. The number of imidazole rings is 1. The van der Waals surface area contributed by atoms with Crippen molar-refractivity contribution in [2.75, 3.05) is 31.5 Å². The molecule has 2 aromatic heterocycles. The maximum atomic E-state index is 16.2. The summed E-state index contributed by atoms with van der Waals surface area (Å²) in [5.74, 6) is -0.742. The molecule has 0 spiro atoms. The van der Waals surface area contributed by atoms with Crippen LogP contribution in [0.3, 0.4) is 0 Å². The molecule has 12 nitrogen and oxygen atoms in total. The average molecular weight is 468 g/mol. The number of esters is 2. The summed E-state index contributed by atoms with van der Waals surface area (Å²) in [6.45, 7) is 6.78. The Morgan fingerprint density at radius 3 is 2.64 bits per heavy atom. The highest BCUT2D eigenvalue weighted by Crippen LogP contribution is 2.44. The minimum Gasteiger partial charge on any atom is -0.463 e. The van der Waals surface area contributed by atoms with Crippen molar-refractivity contribution in [1.29, 1.82) is 0 Å². The van der Waals surface area contributed by atoms with E-state index >= 15 is 4.39 Å². The number of fused-ring (bicyclic) bond motifs is 1. The molecule has 3 rings (SSSR count). The van der Waals surface area contributed by atoms with Gasteiger partial charge in [0.2, 0.25) is 5.95 Å². The highest BCUT2D eigenvalue weighted by Gasteiger charge is 2.57. The minimum absolute atomic E-state index is 0.0366. The monoisotopic (exact) mass is 468 g/mol. The number of carbonyl (C=O) groups is 2. The second-order valence-corrected chi connectivity index (χ2v) is 8.87. The quantitative estimate of drug-likeness (QED) is 0.450. The first-order valence-corrected chi connectivity index (χ1v) is 10.3. The Balaban J connectivity index is 1.90. The molecule has 1 aliphatic rings. The molecule has 3 heterocycles. The Morgan fingerprint density at radius 2 is 2.03 bits per heavy atom. The number of nitrogens with two attached hydrogens (primary N) is 1. The van der Waals surface area contributed by atoms with Crippen LogP contribution >= 0.6 is 0 Å². The number of carbonyl (C=O) groups excluding carboxylic acids is 2. The number of nitrogens with one attached hydrogen (secondary N) is 1. The fourth-order valence-corrected chi connectivity index (χ4v) is 3.46. The highest BCUT2D eigenvalue weighted by molar-refractivity contribution is 5.84. The third kappa shape index (κ3) is 4.98. The first-order chi connectivity index (χ1) is 15.4. The predicted octanol–water partition coefficient (Wildman–Crippen LogP) is 1.57. The van der Waals surface area contributed by atoms with Gasteiger partial charge in [-0.05, 0) is 27.7 Å². The van der Waals surface area contributed by atoms with Gasteiger partial charge in [0, 0.05) is 14.0 Å². The summed E-state index contributed by atoms with van der Waals surface area (Å²) < 4.78 is 39.2. The van der Waals surface area contributed by atoms with Gasteiger partial charge in [0.05, 0.1) is 11.7 Å². The van der Waals surface area contributed by atoms with Crippen LogP contribution in [0.4, 0.5) is 16.2 Å². The first-order valence-electron chi connectivity index (χ1n) is 10.3. The predicted molar refractivity (Wildman–Crippen MR) is 115 cm³/mol. The van der Waals surface area contributed by atoms with Crippen molar-refractivity contribution in [3.63, 3.8) is 0 Å². The standard InChI is InChI=1S/C20H29FN6O6/c1-10(28)30-7-11-13(31-9-32-17(29)19(2,3)4)20(5,21)16(33-11)27-8-24-12-14(23-6)25-18(22)26-15(12)27/h8,11,13,16H,7,9H2,1-6H3,(H3,22,23,25,26)/t11-,13-,16-,20-/m1/s1. The van der Waals surface area contributed by atoms with E-state index in [0.717, 1.165) is 0 Å². The lowest BCUT2D eigenvalue weighted by Crippen LogP contribution is -2.44. The zero-order valence-electron chi connectivity index (χ0n) is 19.4. The summed E-state index contributed by atoms with van der Waals surface area (Å²) in [4.78, 5) is 35.9. The molecule has 13 heteroatoms. The van der Waals surface area contributed by atoms with Crippen LogP contribution in [0.25, 0.3) is 11.2 Å². The lowest BCUT2D eigenvalue weighted by atomic mass is 9.97. The molecule has 182 valence electrons. The number of aromatic nitrogens is 4. The van der Waals surface area contributed by atoms with Gasteiger partial charge >= 0.3 is 11.9 Å². The Hall–Kier alpha value is -3.06. The molecule has 0 unspecified atom stereocenters. The molecule has 0 bridgehead atoms. The Morgan fingerprint density at radius 1 is 1.33 bits per heavy atom. The molecule has 0 aromatic carbocycles. The van der Waals surface area contributed by atoms with Crippen molar-refractivity contribution in [2.24, 2.45) is 5.41 Å². The maximum absolute atomic E-state index is 16.2. The van der Waals surface area contributed by atoms with Crippen molar-refractivity contribution in [2.45, 2.75) is 58.7 Å². The molecule has 1 fully saturated rings. The summed E-state index contributed by atoms with van der Waals surface area (Å²) in [6.07, 6.45) is -2.14. The molecule has 0 saturated carbocycles. The third-order valence-corrected chi connectivity index (χ3v) is 5.11. The summed E-state index contributed by atoms with van der Waals surface area (Å²) in [5, 5.41) is 2.86. The first kappa shape index (κ1) is 24.6. The van der Waals surface area contributed by atoms with Crippen LogP contribution < -0.4 is 11.1 Å². The van der Waals surface area contributed by atoms with Crippen LogP contribution in [0, 0.1) is 5.41 Å². The third-order valence-electron chi connectivity index (χ3n) is 5.11. The second kappa shape index (κ2) is 9.06. The fraction of sp³-hybridized carbons (Fsp3) is 0.650. The summed E-state index contributed by atoms with van der Waals surface area (Å²) >= 11 is 0. The van der Waals surface area contributed by atoms with Gasteiger partial charge in [0.15, 0.2) is 35.7 Å². The van der Waals surface area contributed by atoms with E-state index in [1.54, 1.807) is 27.8 Å². The smallest absolute Gasteiger partial charge is 0.313 e. The summed E-state index contributed by atoms with van der Waals surface area (Å²) in [6, 6.07) is 0. The number of alkyl halides is 1. The molecule has 33 heavy (non-hydrogen) atoms. The van der Waals surface area contributed by atoms with Gasteiger partial charge in [0.25, 0.3) is 0 Å². The Bertz CT molecular complexity index is 1040.